The van der Waals surface area contributed by atoms with Crippen LogP contribution in [0.3, 0.4) is 0 Å². The molecule has 142 valence electrons. The van der Waals surface area contributed by atoms with Crippen molar-refractivity contribution in [2.24, 2.45) is 0 Å². The molecule has 0 aliphatic carbocycles. The number of methoxy groups -OCH3 is 2. The van der Waals surface area contributed by atoms with Gasteiger partial charge in [0.25, 0.3) is 10.0 Å². The van der Waals surface area contributed by atoms with Gasteiger partial charge in [0.05, 0.1) is 14.2 Å². The molecular formula is C17H24N4O4S. The number of nitrogens with one attached hydrogen (secondary N) is 2. The number of sulfonamides is 1. The highest BCUT2D eigenvalue weighted by atomic mass is 32.2. The molecule has 0 saturated carbocycles. The molecule has 0 aliphatic rings. The average molecular weight is 380 g/mol. The minimum Gasteiger partial charge on any atom is -0.497 e. The molecule has 0 spiro atoms. The average Bonchev–Trinajstić information content (AvgIpc) is 2.65. The lowest BCUT2D eigenvalue weighted by molar-refractivity contribution is 0.386. The second-order valence-electron chi connectivity index (χ2n) is 5.56. The Kier molecular flexibility index (Phi) is 7.02. The van der Waals surface area contributed by atoms with Crippen LogP contribution in [0.4, 0.5) is 11.6 Å². The first-order valence-corrected chi connectivity index (χ1v) is 9.81. The van der Waals surface area contributed by atoms with Crippen molar-refractivity contribution in [2.45, 2.75) is 31.1 Å². The molecule has 8 nitrogen and oxygen atoms in total. The molecule has 9 heteroatoms. The van der Waals surface area contributed by atoms with Gasteiger partial charge in [-0.1, -0.05) is 19.8 Å². The maximum absolute atomic E-state index is 12.6. The van der Waals surface area contributed by atoms with Gasteiger partial charge in [-0.05, 0) is 30.7 Å². The third-order valence-corrected chi connectivity index (χ3v) is 5.04. The van der Waals surface area contributed by atoms with Gasteiger partial charge in [0.15, 0.2) is 5.82 Å². The first-order valence-electron chi connectivity index (χ1n) is 8.32. The fourth-order valence-electron chi connectivity index (χ4n) is 2.26. The van der Waals surface area contributed by atoms with Crippen molar-refractivity contribution in [3.05, 3.63) is 30.3 Å². The highest BCUT2D eigenvalue weighted by molar-refractivity contribution is 7.92. The normalized spacial score (nSPS) is 11.0. The van der Waals surface area contributed by atoms with Crippen molar-refractivity contribution < 1.29 is 17.9 Å². The van der Waals surface area contributed by atoms with Gasteiger partial charge in [0.1, 0.15) is 22.2 Å². The largest absolute Gasteiger partial charge is 0.497 e. The third kappa shape index (κ3) is 5.22. The molecule has 0 fully saturated rings. The van der Waals surface area contributed by atoms with Crippen LogP contribution in [0.25, 0.3) is 0 Å². The second-order valence-corrected chi connectivity index (χ2v) is 7.21. The van der Waals surface area contributed by atoms with E-state index in [-0.39, 0.29) is 16.5 Å². The highest BCUT2D eigenvalue weighted by Gasteiger charge is 2.21. The van der Waals surface area contributed by atoms with E-state index in [9.17, 15) is 8.42 Å². The maximum Gasteiger partial charge on any atom is 0.266 e. The molecule has 0 atom stereocenters. The smallest absolute Gasteiger partial charge is 0.266 e. The van der Waals surface area contributed by atoms with E-state index in [1.54, 1.807) is 18.2 Å². The van der Waals surface area contributed by atoms with E-state index in [4.69, 9.17) is 9.47 Å². The van der Waals surface area contributed by atoms with Gasteiger partial charge in [-0.15, -0.1) is 10.2 Å². The minimum atomic E-state index is -3.87. The van der Waals surface area contributed by atoms with Gasteiger partial charge < -0.3 is 14.8 Å². The molecule has 0 aliphatic heterocycles. The SMILES string of the molecule is CCCCCNc1ccc(NS(=O)(=O)c2ccc(OC)cc2OC)nn1. The van der Waals surface area contributed by atoms with E-state index < -0.39 is 10.0 Å². The Morgan fingerprint density at radius 3 is 2.35 bits per heavy atom. The quantitative estimate of drug-likeness (QED) is 0.611. The van der Waals surface area contributed by atoms with Crippen molar-refractivity contribution in [3.8, 4) is 11.5 Å². The molecule has 26 heavy (non-hydrogen) atoms. The van der Waals surface area contributed by atoms with E-state index in [2.05, 4.69) is 27.2 Å². The Labute approximate surface area is 154 Å². The lowest BCUT2D eigenvalue weighted by Crippen LogP contribution is -2.15. The highest BCUT2D eigenvalue weighted by Crippen LogP contribution is 2.29. The Bertz CT molecular complexity index is 810. The molecule has 0 radical (unpaired) electrons. The zero-order chi connectivity index (χ0) is 19.0. The summed E-state index contributed by atoms with van der Waals surface area (Å²) in [6, 6.07) is 7.71. The summed E-state index contributed by atoms with van der Waals surface area (Å²) in [5, 5.41) is 11.0. The summed E-state index contributed by atoms with van der Waals surface area (Å²) in [5.41, 5.74) is 0. The van der Waals surface area contributed by atoms with Crippen LogP contribution < -0.4 is 19.5 Å². The Balaban J connectivity index is 2.09. The summed E-state index contributed by atoms with van der Waals surface area (Å²) in [7, 11) is -0.982. The maximum atomic E-state index is 12.6. The van der Waals surface area contributed by atoms with Crippen molar-refractivity contribution in [3.63, 3.8) is 0 Å². The van der Waals surface area contributed by atoms with Gasteiger partial charge in [-0.2, -0.15) is 0 Å². The standard InChI is InChI=1S/C17H24N4O4S/c1-4-5-6-11-18-16-9-10-17(20-19-16)21-26(22,23)15-8-7-13(24-2)12-14(15)25-3/h7-10,12H,4-6,11H2,1-3H3,(H,18,19)(H,20,21). The monoisotopic (exact) mass is 380 g/mol. The summed E-state index contributed by atoms with van der Waals surface area (Å²) in [4.78, 5) is -0.00985. The molecule has 1 aromatic carbocycles. The van der Waals surface area contributed by atoms with Crippen molar-refractivity contribution >= 4 is 21.7 Å². The molecule has 1 aromatic heterocycles. The molecule has 0 unspecified atom stereocenters. The van der Waals surface area contributed by atoms with Gasteiger partial charge in [-0.3, -0.25) is 4.72 Å². The molecule has 2 aromatic rings. The lowest BCUT2D eigenvalue weighted by atomic mass is 10.2. The predicted molar refractivity (Wildman–Crippen MR) is 100 cm³/mol. The number of rotatable bonds is 10. The van der Waals surface area contributed by atoms with E-state index in [1.807, 2.05) is 0 Å². The topological polar surface area (TPSA) is 102 Å². The van der Waals surface area contributed by atoms with Gasteiger partial charge in [-0.25, -0.2) is 8.42 Å². The van der Waals surface area contributed by atoms with Crippen LogP contribution in [-0.2, 0) is 10.0 Å². The van der Waals surface area contributed by atoms with Crippen LogP contribution in [-0.4, -0.2) is 39.4 Å². The van der Waals surface area contributed by atoms with E-state index in [0.717, 1.165) is 25.8 Å². The first-order chi connectivity index (χ1) is 12.5. The molecule has 0 saturated heterocycles. The predicted octanol–water partition coefficient (Wildman–Crippen LogP) is 2.90. The molecule has 2 N–H and O–H groups in total. The van der Waals surface area contributed by atoms with Crippen LogP contribution in [0.15, 0.2) is 35.2 Å². The van der Waals surface area contributed by atoms with Crippen molar-refractivity contribution in [1.29, 1.82) is 0 Å². The Morgan fingerprint density at radius 1 is 1.00 bits per heavy atom. The van der Waals surface area contributed by atoms with Crippen LogP contribution in [0.5, 0.6) is 11.5 Å². The minimum absolute atomic E-state index is 0.00985. The lowest BCUT2D eigenvalue weighted by Gasteiger charge is -2.12. The first kappa shape index (κ1) is 19.8. The number of hydrogen-bond acceptors (Lipinski definition) is 7. The van der Waals surface area contributed by atoms with Crippen LogP contribution in [0, 0.1) is 0 Å². The molecule has 0 amide bonds. The number of nitrogens with zero attached hydrogens (tertiary/aromatic N) is 2. The summed E-state index contributed by atoms with van der Waals surface area (Å²) in [5.74, 6) is 1.41. The van der Waals surface area contributed by atoms with Crippen molar-refractivity contribution in [1.82, 2.24) is 10.2 Å². The fraction of sp³-hybridized carbons (Fsp3) is 0.412. The number of unbranched alkanes of at least 4 members (excludes halogenated alkanes) is 2. The van der Waals surface area contributed by atoms with Gasteiger partial charge in [0, 0.05) is 12.6 Å². The summed E-state index contributed by atoms with van der Waals surface area (Å²) < 4.78 is 37.8. The third-order valence-electron chi connectivity index (χ3n) is 3.65. The fourth-order valence-corrected chi connectivity index (χ4v) is 3.41. The number of anilines is 2. The summed E-state index contributed by atoms with van der Waals surface area (Å²) in [6.07, 6.45) is 3.33. The number of benzene rings is 1. The number of hydrogen-bond donors (Lipinski definition) is 2. The van der Waals surface area contributed by atoms with Crippen LogP contribution in [0.2, 0.25) is 0 Å². The van der Waals surface area contributed by atoms with Gasteiger partial charge in [0.2, 0.25) is 0 Å². The van der Waals surface area contributed by atoms with Crippen LogP contribution >= 0.6 is 0 Å². The molecular weight excluding hydrogens is 356 g/mol. The van der Waals surface area contributed by atoms with Crippen molar-refractivity contribution in [2.75, 3.05) is 30.8 Å². The molecule has 1 heterocycles. The summed E-state index contributed by atoms with van der Waals surface area (Å²) >= 11 is 0. The van der Waals surface area contributed by atoms with Gasteiger partial charge >= 0.3 is 0 Å². The zero-order valence-electron chi connectivity index (χ0n) is 15.2. The van der Waals surface area contributed by atoms with E-state index in [1.165, 1.54) is 26.4 Å². The summed E-state index contributed by atoms with van der Waals surface area (Å²) in [6.45, 7) is 2.94. The second kappa shape index (κ2) is 9.23. The Morgan fingerprint density at radius 2 is 1.73 bits per heavy atom. The number of ether oxygens (including phenoxy) is 2. The molecule has 0 bridgehead atoms. The Hall–Kier alpha value is -2.55. The van der Waals surface area contributed by atoms with E-state index in [0.29, 0.717) is 11.6 Å². The molecule has 2 rings (SSSR count). The van der Waals surface area contributed by atoms with Crippen LogP contribution in [0.1, 0.15) is 26.2 Å². The number of aromatic nitrogens is 2. The zero-order valence-corrected chi connectivity index (χ0v) is 16.0. The van der Waals surface area contributed by atoms with E-state index >= 15 is 0 Å².